The van der Waals surface area contributed by atoms with E-state index in [1.54, 1.807) is 9.13 Å². The van der Waals surface area contributed by atoms with Gasteiger partial charge in [0, 0.05) is 16.5 Å². The Kier molecular flexibility index (Phi) is 11.7. The molecule has 0 amide bonds. The highest BCUT2D eigenvalue weighted by atomic mass is 16.1. The summed E-state index contributed by atoms with van der Waals surface area (Å²) in [4.78, 5) is 39.7. The summed E-state index contributed by atoms with van der Waals surface area (Å²) in [5.41, 5.74) is 18.7. The number of para-hydroxylation sites is 1. The normalized spacial score (nSPS) is 12.5. The Labute approximate surface area is 496 Å². The van der Waals surface area contributed by atoms with Crippen LogP contribution >= 0.6 is 0 Å². The van der Waals surface area contributed by atoms with E-state index in [9.17, 15) is 9.59 Å². The van der Waals surface area contributed by atoms with Crippen LogP contribution in [0.2, 0.25) is 0 Å². The lowest BCUT2D eigenvalue weighted by atomic mass is 9.82. The Hall–Kier alpha value is -11.1. The zero-order valence-electron chi connectivity index (χ0n) is 47.6. The van der Waals surface area contributed by atoms with Gasteiger partial charge in [0.25, 0.3) is 11.1 Å². The smallest absolute Gasteiger partial charge is 0.266 e. The van der Waals surface area contributed by atoms with Crippen molar-refractivity contribution >= 4 is 54.1 Å². The summed E-state index contributed by atoms with van der Waals surface area (Å²) in [6.07, 6.45) is 0. The van der Waals surface area contributed by atoms with E-state index >= 15 is 0 Å². The molecule has 2 heterocycles. The van der Waals surface area contributed by atoms with Crippen LogP contribution in [0.25, 0.3) is 144 Å². The molecule has 1 aliphatic rings. The van der Waals surface area contributed by atoms with Gasteiger partial charge in [-0.1, -0.05) is 220 Å². The van der Waals surface area contributed by atoms with Crippen molar-refractivity contribution in [2.45, 2.75) is 26.2 Å². The topological polar surface area (TPSA) is 69.8 Å². The van der Waals surface area contributed by atoms with Crippen LogP contribution in [0.15, 0.2) is 283 Å². The van der Waals surface area contributed by atoms with Crippen LogP contribution in [0.3, 0.4) is 0 Å². The van der Waals surface area contributed by atoms with Crippen LogP contribution in [0.5, 0.6) is 0 Å². The summed E-state index contributed by atoms with van der Waals surface area (Å²) in [7, 11) is 0. The van der Waals surface area contributed by atoms with Gasteiger partial charge in [0.1, 0.15) is 11.6 Å². The van der Waals surface area contributed by atoms with Crippen molar-refractivity contribution in [1.29, 1.82) is 0 Å². The molecule has 0 unspecified atom stereocenters. The van der Waals surface area contributed by atoms with Crippen molar-refractivity contribution in [2.75, 3.05) is 0 Å². The van der Waals surface area contributed by atoms with Crippen LogP contribution < -0.4 is 11.1 Å². The third kappa shape index (κ3) is 8.24. The molecule has 15 aromatic rings. The molecule has 0 fully saturated rings. The van der Waals surface area contributed by atoms with E-state index in [0.29, 0.717) is 33.5 Å². The molecule has 0 radical (unpaired) electrons. The van der Waals surface area contributed by atoms with Gasteiger partial charge in [0.2, 0.25) is 0 Å². The maximum absolute atomic E-state index is 14.7. The minimum Gasteiger partial charge on any atom is -0.268 e. The molecule has 0 spiro atoms. The van der Waals surface area contributed by atoms with Gasteiger partial charge < -0.3 is 0 Å². The van der Waals surface area contributed by atoms with Crippen LogP contribution in [0.1, 0.15) is 30.5 Å². The molecule has 0 saturated carbocycles. The maximum atomic E-state index is 14.7. The van der Waals surface area contributed by atoms with Gasteiger partial charge in [0.05, 0.1) is 33.2 Å². The summed E-state index contributed by atoms with van der Waals surface area (Å²) in [6.45, 7) is 6.58. The van der Waals surface area contributed by atoms with Crippen LogP contribution in [0.4, 0.5) is 0 Å². The number of aryl methyl sites for hydroxylation is 1. The van der Waals surface area contributed by atoms with Crippen LogP contribution in [-0.2, 0) is 5.41 Å². The summed E-state index contributed by atoms with van der Waals surface area (Å²) in [5.74, 6) is 1.21. The molecule has 406 valence electrons. The zero-order chi connectivity index (χ0) is 57.8. The molecule has 2 aromatic heterocycles. The van der Waals surface area contributed by atoms with Gasteiger partial charge in [-0.2, -0.15) is 0 Å². The maximum Gasteiger partial charge on any atom is 0.266 e. The molecule has 86 heavy (non-hydrogen) atoms. The highest BCUT2D eigenvalue weighted by Crippen LogP contribution is 2.49. The lowest BCUT2D eigenvalue weighted by molar-refractivity contribution is 0.659. The van der Waals surface area contributed by atoms with E-state index < -0.39 is 0 Å². The molecule has 0 saturated heterocycles. The second kappa shape index (κ2) is 19.8. The van der Waals surface area contributed by atoms with E-state index in [2.05, 4.69) is 196 Å². The van der Waals surface area contributed by atoms with Crippen molar-refractivity contribution in [3.63, 3.8) is 0 Å². The van der Waals surface area contributed by atoms with E-state index in [4.69, 9.17) is 9.97 Å². The van der Waals surface area contributed by atoms with Crippen molar-refractivity contribution < 1.29 is 0 Å². The predicted molar refractivity (Wildman–Crippen MR) is 356 cm³/mol. The molecule has 0 N–H and O–H groups in total. The Morgan fingerprint density at radius 3 is 1.42 bits per heavy atom. The van der Waals surface area contributed by atoms with Gasteiger partial charge in [-0.25, -0.2) is 9.97 Å². The van der Waals surface area contributed by atoms with E-state index in [-0.39, 0.29) is 16.5 Å². The molecular weight excluding hydrogens is 1050 g/mol. The fourth-order valence-corrected chi connectivity index (χ4v) is 13.4. The van der Waals surface area contributed by atoms with Crippen LogP contribution in [-0.4, -0.2) is 19.1 Å². The molecule has 6 heteroatoms. The van der Waals surface area contributed by atoms with Gasteiger partial charge in [-0.15, -0.1) is 0 Å². The molecule has 16 rings (SSSR count). The third-order valence-electron chi connectivity index (χ3n) is 17.8. The average molecular weight is 1100 g/mol. The minimum atomic E-state index is -0.230. The predicted octanol–water partition coefficient (Wildman–Crippen LogP) is 19.2. The lowest BCUT2D eigenvalue weighted by Crippen LogP contribution is -2.23. The highest BCUT2D eigenvalue weighted by Gasteiger charge is 2.35. The molecule has 13 aromatic carbocycles. The van der Waals surface area contributed by atoms with Gasteiger partial charge in [0.15, 0.2) is 0 Å². The average Bonchev–Trinajstić information content (AvgIpc) is 2.59. The van der Waals surface area contributed by atoms with Crippen molar-refractivity contribution in [3.8, 4) is 89.8 Å². The number of aromatic nitrogens is 4. The standard InChI is InChI=1S/C80H54N4O2/c1-49-27-36-60(37-28-49)83-76(52-15-5-4-6-16-52)82-75-42-35-58(47-71(75)79(83)86)55-19-13-18-54(43-55)57-34-40-65-69(46-57)63-22-8-7-21-62(63)64-39-33-56(45-70(64)65)51-31-29-50(30-32-51)53-17-14-20-59(44-53)77-81-74-26-12-10-24-68(74)78(85)84(77)61-38-41-67-66-23-9-11-25-72(66)80(2,3)73(67)48-61/h4-48H,1-3H3. The summed E-state index contributed by atoms with van der Waals surface area (Å²) >= 11 is 0. The lowest BCUT2D eigenvalue weighted by Gasteiger charge is -2.22. The van der Waals surface area contributed by atoms with Gasteiger partial charge in [-0.3, -0.25) is 18.7 Å². The Morgan fingerprint density at radius 2 is 0.721 bits per heavy atom. The summed E-state index contributed by atoms with van der Waals surface area (Å²) < 4.78 is 3.54. The fraction of sp³-hybridized carbons (Fsp3) is 0.0500. The Bertz CT molecular complexity index is 5430. The van der Waals surface area contributed by atoms with Crippen molar-refractivity contribution in [2.24, 2.45) is 0 Å². The highest BCUT2D eigenvalue weighted by molar-refractivity contribution is 6.26. The quantitative estimate of drug-likeness (QED) is 0.142. The Morgan fingerprint density at radius 1 is 0.291 bits per heavy atom. The molecule has 0 atom stereocenters. The number of hydrogen-bond donors (Lipinski definition) is 0. The third-order valence-corrected chi connectivity index (χ3v) is 17.8. The first-order chi connectivity index (χ1) is 42.1. The summed E-state index contributed by atoms with van der Waals surface area (Å²) in [5, 5.41) is 8.31. The Balaban J connectivity index is 0.735. The second-order valence-corrected chi connectivity index (χ2v) is 23.3. The number of fused-ring (bicyclic) bond motifs is 11. The molecule has 0 bridgehead atoms. The molecule has 6 nitrogen and oxygen atoms in total. The van der Waals surface area contributed by atoms with Gasteiger partial charge in [-0.05, 0) is 179 Å². The number of nitrogens with zero attached hydrogens (tertiary/aromatic N) is 4. The van der Waals surface area contributed by atoms with Gasteiger partial charge >= 0.3 is 0 Å². The van der Waals surface area contributed by atoms with E-state index in [1.807, 2.05) is 97.9 Å². The monoisotopic (exact) mass is 1100 g/mol. The molecular formula is C80H54N4O2. The fourth-order valence-electron chi connectivity index (χ4n) is 13.4. The molecule has 0 aliphatic heterocycles. The van der Waals surface area contributed by atoms with Crippen LogP contribution in [0, 0.1) is 6.92 Å². The van der Waals surface area contributed by atoms with Crippen molar-refractivity contribution in [3.05, 3.63) is 310 Å². The minimum absolute atomic E-state index is 0.0985. The molecule has 1 aliphatic carbocycles. The number of rotatable bonds is 8. The first kappa shape index (κ1) is 50.6. The number of benzene rings is 13. The first-order valence-electron chi connectivity index (χ1n) is 29.3. The SMILES string of the molecule is Cc1ccc(-n2c(-c3ccccc3)nc3ccc(-c4cccc(-c5ccc6c7cc(-c8ccc(-c9cccc(-c%10nc%11ccccc%11c(=O)n%10-c%10ccc%11c(c%10)C(C)(C)c%10ccccc%10-%11)c9)cc8)ccc7c7ccccc7c6c5)c4)cc3c2=O)cc1. The van der Waals surface area contributed by atoms with Crippen molar-refractivity contribution in [1.82, 2.24) is 19.1 Å². The largest absolute Gasteiger partial charge is 0.268 e. The number of hydrogen-bond acceptors (Lipinski definition) is 4. The summed E-state index contributed by atoms with van der Waals surface area (Å²) in [6, 6.07) is 94.9. The second-order valence-electron chi connectivity index (χ2n) is 23.3. The zero-order valence-corrected chi connectivity index (χ0v) is 47.6. The van der Waals surface area contributed by atoms with E-state index in [1.165, 1.54) is 54.6 Å². The first-order valence-corrected chi connectivity index (χ1v) is 29.3. The van der Waals surface area contributed by atoms with E-state index in [0.717, 1.165) is 72.6 Å².